The zero-order valence-corrected chi connectivity index (χ0v) is 14.3. The molecule has 0 saturated heterocycles. The monoisotopic (exact) mass is 333 g/mol. The first-order valence-corrected chi connectivity index (χ1v) is 8.62. The van der Waals surface area contributed by atoms with Gasteiger partial charge in [0.2, 0.25) is 0 Å². The van der Waals surface area contributed by atoms with Crippen molar-refractivity contribution in [1.29, 1.82) is 0 Å². The summed E-state index contributed by atoms with van der Waals surface area (Å²) in [4.78, 5) is 16.3. The number of carbonyl (C=O) groups excluding carboxylic acids is 1. The van der Waals surface area contributed by atoms with Gasteiger partial charge in [0.05, 0.1) is 18.3 Å². The van der Waals surface area contributed by atoms with E-state index in [0.29, 0.717) is 19.5 Å². The highest BCUT2D eigenvalue weighted by Crippen LogP contribution is 2.23. The van der Waals surface area contributed by atoms with E-state index in [9.17, 15) is 9.90 Å². The molecule has 1 aromatic carbocycles. The Hall–Kier alpha value is -1.92. The van der Waals surface area contributed by atoms with Gasteiger partial charge >= 0.3 is 6.03 Å². The second kappa shape index (κ2) is 8.64. The number of benzene rings is 1. The smallest absolute Gasteiger partial charge is 0.315 e. The molecule has 5 nitrogen and oxygen atoms in total. The van der Waals surface area contributed by atoms with Crippen LogP contribution in [0.3, 0.4) is 0 Å². The van der Waals surface area contributed by atoms with Gasteiger partial charge in [0.1, 0.15) is 5.01 Å². The molecule has 0 spiro atoms. The van der Waals surface area contributed by atoms with Crippen LogP contribution in [-0.2, 0) is 6.54 Å². The Kier molecular flexibility index (Phi) is 6.55. The molecule has 0 aliphatic rings. The van der Waals surface area contributed by atoms with E-state index >= 15 is 0 Å². The Labute approximate surface area is 140 Å². The number of rotatable bonds is 7. The summed E-state index contributed by atoms with van der Waals surface area (Å²) in [6.45, 7) is 4.70. The molecule has 1 heterocycles. The number of hydrogen-bond donors (Lipinski definition) is 3. The normalized spacial score (nSPS) is 13.3. The first kappa shape index (κ1) is 17.4. The van der Waals surface area contributed by atoms with Crippen molar-refractivity contribution >= 4 is 17.4 Å². The van der Waals surface area contributed by atoms with E-state index in [1.807, 2.05) is 42.6 Å². The van der Waals surface area contributed by atoms with Gasteiger partial charge in [-0.25, -0.2) is 9.78 Å². The first-order valence-electron chi connectivity index (χ1n) is 7.74. The van der Waals surface area contributed by atoms with E-state index in [4.69, 9.17) is 0 Å². The van der Waals surface area contributed by atoms with Gasteiger partial charge in [-0.05, 0) is 19.3 Å². The lowest BCUT2D eigenvalue weighted by molar-refractivity contribution is 0.163. The molecule has 3 N–H and O–H groups in total. The van der Waals surface area contributed by atoms with Crippen LogP contribution >= 0.6 is 11.3 Å². The quantitative estimate of drug-likeness (QED) is 0.729. The van der Waals surface area contributed by atoms with Crippen LogP contribution in [0.25, 0.3) is 10.6 Å². The molecule has 0 bridgehead atoms. The Morgan fingerprint density at radius 3 is 2.70 bits per heavy atom. The van der Waals surface area contributed by atoms with Gasteiger partial charge in [0.15, 0.2) is 0 Å². The number of aliphatic hydroxyl groups excluding tert-OH is 1. The fourth-order valence-electron chi connectivity index (χ4n) is 2.27. The molecule has 2 amide bonds. The van der Waals surface area contributed by atoms with Crippen LogP contribution in [0.1, 0.15) is 26.0 Å². The highest BCUT2D eigenvalue weighted by atomic mass is 32.1. The fraction of sp³-hybridized carbons (Fsp3) is 0.412. The van der Waals surface area contributed by atoms with E-state index in [1.165, 1.54) is 0 Å². The molecule has 2 aromatic rings. The lowest BCUT2D eigenvalue weighted by atomic mass is 10.1. The lowest BCUT2D eigenvalue weighted by Gasteiger charge is -2.14. The molecule has 6 heteroatoms. The average Bonchev–Trinajstić information content (AvgIpc) is 3.00. The van der Waals surface area contributed by atoms with Crippen LogP contribution in [0.4, 0.5) is 4.79 Å². The summed E-state index contributed by atoms with van der Waals surface area (Å²) in [5.74, 6) is 0.240. The van der Waals surface area contributed by atoms with Crippen molar-refractivity contribution in [2.24, 2.45) is 5.92 Å². The highest BCUT2D eigenvalue weighted by molar-refractivity contribution is 7.13. The molecule has 124 valence electrons. The number of hydrogen-bond acceptors (Lipinski definition) is 4. The third-order valence-corrected chi connectivity index (χ3v) is 4.30. The first-order chi connectivity index (χ1) is 11.0. The van der Waals surface area contributed by atoms with Crippen LogP contribution in [0, 0.1) is 5.92 Å². The number of carbonyl (C=O) groups is 1. The zero-order valence-electron chi connectivity index (χ0n) is 13.5. The van der Waals surface area contributed by atoms with Gasteiger partial charge in [-0.15, -0.1) is 11.3 Å². The molecule has 1 aromatic heterocycles. The average molecular weight is 333 g/mol. The van der Waals surface area contributed by atoms with E-state index in [1.54, 1.807) is 18.3 Å². The SMILES string of the molecule is CC(O)CC(C)CNC(=O)NCc1csc(-c2ccccc2)n1. The van der Waals surface area contributed by atoms with Crippen molar-refractivity contribution in [1.82, 2.24) is 15.6 Å². The summed E-state index contributed by atoms with van der Waals surface area (Å²) < 4.78 is 0. The largest absolute Gasteiger partial charge is 0.393 e. The zero-order chi connectivity index (χ0) is 16.7. The molecule has 0 saturated carbocycles. The number of thiazole rings is 1. The summed E-state index contributed by atoms with van der Waals surface area (Å²) >= 11 is 1.57. The molecule has 0 aliphatic heterocycles. The second-order valence-corrected chi connectivity index (χ2v) is 6.62. The van der Waals surface area contributed by atoms with E-state index < -0.39 is 0 Å². The van der Waals surface area contributed by atoms with E-state index in [2.05, 4.69) is 15.6 Å². The van der Waals surface area contributed by atoms with E-state index in [0.717, 1.165) is 16.3 Å². The minimum Gasteiger partial charge on any atom is -0.393 e. The maximum atomic E-state index is 11.8. The Morgan fingerprint density at radius 2 is 2.00 bits per heavy atom. The topological polar surface area (TPSA) is 74.2 Å². The second-order valence-electron chi connectivity index (χ2n) is 5.76. The predicted octanol–water partition coefficient (Wildman–Crippen LogP) is 3.02. The predicted molar refractivity (Wildman–Crippen MR) is 93.3 cm³/mol. The van der Waals surface area contributed by atoms with E-state index in [-0.39, 0.29) is 18.1 Å². The molecule has 2 rings (SSSR count). The van der Waals surface area contributed by atoms with Gasteiger partial charge < -0.3 is 15.7 Å². The lowest BCUT2D eigenvalue weighted by Crippen LogP contribution is -2.37. The molecule has 2 unspecified atom stereocenters. The number of aliphatic hydroxyl groups is 1. The highest BCUT2D eigenvalue weighted by Gasteiger charge is 2.09. The molecular weight excluding hydrogens is 310 g/mol. The van der Waals surface area contributed by atoms with Gasteiger partial charge in [-0.2, -0.15) is 0 Å². The molecule has 23 heavy (non-hydrogen) atoms. The summed E-state index contributed by atoms with van der Waals surface area (Å²) in [7, 11) is 0. The fourth-order valence-corrected chi connectivity index (χ4v) is 3.09. The summed E-state index contributed by atoms with van der Waals surface area (Å²) in [5, 5.41) is 17.8. The maximum absolute atomic E-state index is 11.8. The van der Waals surface area contributed by atoms with Gasteiger partial charge in [-0.3, -0.25) is 0 Å². The number of aromatic nitrogens is 1. The molecule has 0 aliphatic carbocycles. The number of nitrogens with one attached hydrogen (secondary N) is 2. The van der Waals surface area contributed by atoms with Crippen LogP contribution in [0.2, 0.25) is 0 Å². The molecular formula is C17H23N3O2S. The van der Waals surface area contributed by atoms with Crippen LogP contribution in [-0.4, -0.2) is 28.8 Å². The Balaban J connectivity index is 1.76. The molecule has 2 atom stereocenters. The van der Waals surface area contributed by atoms with Crippen molar-refractivity contribution in [3.05, 3.63) is 41.4 Å². The van der Waals surface area contributed by atoms with Crippen LogP contribution in [0.15, 0.2) is 35.7 Å². The third-order valence-electron chi connectivity index (χ3n) is 3.36. The van der Waals surface area contributed by atoms with Gasteiger partial charge in [-0.1, -0.05) is 37.3 Å². The minimum atomic E-state index is -0.346. The number of urea groups is 1. The van der Waals surface area contributed by atoms with Crippen molar-refractivity contribution < 1.29 is 9.90 Å². The van der Waals surface area contributed by atoms with Crippen LogP contribution in [0.5, 0.6) is 0 Å². The standard InChI is InChI=1S/C17H23N3O2S/c1-12(8-13(2)21)9-18-17(22)19-10-15-11-23-16(20-15)14-6-4-3-5-7-14/h3-7,11-13,21H,8-10H2,1-2H3,(H2,18,19,22). The van der Waals surface area contributed by atoms with Gasteiger partial charge in [0, 0.05) is 17.5 Å². The minimum absolute atomic E-state index is 0.211. The summed E-state index contributed by atoms with van der Waals surface area (Å²) in [5.41, 5.74) is 1.93. The Morgan fingerprint density at radius 1 is 1.26 bits per heavy atom. The molecule has 0 radical (unpaired) electrons. The maximum Gasteiger partial charge on any atom is 0.315 e. The van der Waals surface area contributed by atoms with Crippen molar-refractivity contribution in [2.45, 2.75) is 32.9 Å². The van der Waals surface area contributed by atoms with Crippen molar-refractivity contribution in [3.63, 3.8) is 0 Å². The molecule has 0 fully saturated rings. The van der Waals surface area contributed by atoms with Crippen LogP contribution < -0.4 is 10.6 Å². The Bertz CT molecular complexity index is 613. The number of nitrogens with zero attached hydrogens (tertiary/aromatic N) is 1. The van der Waals surface area contributed by atoms with Gasteiger partial charge in [0.25, 0.3) is 0 Å². The summed E-state index contributed by atoms with van der Waals surface area (Å²) in [6, 6.07) is 9.77. The van der Waals surface area contributed by atoms with Crippen molar-refractivity contribution in [3.8, 4) is 10.6 Å². The summed E-state index contributed by atoms with van der Waals surface area (Å²) in [6.07, 6.45) is 0.327. The number of amides is 2. The third kappa shape index (κ3) is 6.00. The van der Waals surface area contributed by atoms with Crippen molar-refractivity contribution in [2.75, 3.05) is 6.54 Å².